The lowest BCUT2D eigenvalue weighted by Gasteiger charge is -2.38. The lowest BCUT2D eigenvalue weighted by Crippen LogP contribution is -2.52. The molecule has 3 heterocycles. The highest BCUT2D eigenvalue weighted by Crippen LogP contribution is 2.24. The molecule has 1 N–H and O–H groups in total. The Balaban J connectivity index is 0.00000240. The normalized spacial score (nSPS) is 17.0. The van der Waals surface area contributed by atoms with E-state index in [1.165, 1.54) is 35.5 Å². The molecule has 1 aromatic heterocycles. The van der Waals surface area contributed by atoms with E-state index in [4.69, 9.17) is 4.98 Å². The van der Waals surface area contributed by atoms with Crippen molar-refractivity contribution in [2.75, 3.05) is 38.1 Å². The summed E-state index contributed by atoms with van der Waals surface area (Å²) in [6, 6.07) is 6.59. The third kappa shape index (κ3) is 4.87. The second-order valence-corrected chi connectivity index (χ2v) is 7.89. The number of benzene rings is 1. The van der Waals surface area contributed by atoms with E-state index in [2.05, 4.69) is 62.9 Å². The van der Waals surface area contributed by atoms with Gasteiger partial charge in [0.05, 0.1) is 12.2 Å². The zero-order valence-corrected chi connectivity index (χ0v) is 20.1. The third-order valence-corrected chi connectivity index (χ3v) is 6.09. The molecular formula is C22H33IN6. The van der Waals surface area contributed by atoms with E-state index in [0.717, 1.165) is 57.3 Å². The standard InChI is InChI=1S/C22H32N6.HI/c1-17-7-6-8-20(18(17)2)26-11-13-27(14-12-26)22(23-3)24-15-19-16-28-10-5-4-9-21(28)25-19;/h6-8,16H,4-5,9-15H2,1-3H3,(H,23,24);1H. The number of aromatic nitrogens is 2. The summed E-state index contributed by atoms with van der Waals surface area (Å²) in [5.74, 6) is 2.21. The van der Waals surface area contributed by atoms with Crippen molar-refractivity contribution in [1.82, 2.24) is 19.8 Å². The minimum atomic E-state index is 0. The second-order valence-electron chi connectivity index (χ2n) is 7.89. The Bertz CT molecular complexity index is 827. The van der Waals surface area contributed by atoms with Gasteiger partial charge in [0.2, 0.25) is 0 Å². The minimum Gasteiger partial charge on any atom is -0.368 e. The zero-order valence-electron chi connectivity index (χ0n) is 17.8. The first-order valence-electron chi connectivity index (χ1n) is 10.5. The van der Waals surface area contributed by atoms with Crippen LogP contribution in [0.1, 0.15) is 35.5 Å². The van der Waals surface area contributed by atoms with Crippen molar-refractivity contribution in [1.29, 1.82) is 0 Å². The topological polar surface area (TPSA) is 48.7 Å². The predicted octanol–water partition coefficient (Wildman–Crippen LogP) is 3.35. The number of imidazole rings is 1. The van der Waals surface area contributed by atoms with Gasteiger partial charge >= 0.3 is 0 Å². The van der Waals surface area contributed by atoms with Crippen molar-refractivity contribution >= 4 is 35.6 Å². The van der Waals surface area contributed by atoms with E-state index >= 15 is 0 Å². The maximum atomic E-state index is 4.79. The summed E-state index contributed by atoms with van der Waals surface area (Å²) in [5.41, 5.74) is 5.24. The molecule has 158 valence electrons. The SMILES string of the molecule is CN=C(NCc1cn2c(n1)CCCC2)N1CCN(c2cccc(C)c2C)CC1.I. The molecule has 2 aliphatic rings. The van der Waals surface area contributed by atoms with Crippen molar-refractivity contribution < 1.29 is 0 Å². The van der Waals surface area contributed by atoms with Gasteiger partial charge < -0.3 is 19.7 Å². The molecule has 1 saturated heterocycles. The number of piperazine rings is 1. The van der Waals surface area contributed by atoms with Crippen LogP contribution >= 0.6 is 24.0 Å². The van der Waals surface area contributed by atoms with Crippen molar-refractivity contribution in [3.05, 3.63) is 47.0 Å². The quantitative estimate of drug-likeness (QED) is 0.393. The molecule has 1 aromatic carbocycles. The van der Waals surface area contributed by atoms with E-state index in [1.54, 1.807) is 0 Å². The number of halogens is 1. The molecule has 0 atom stereocenters. The van der Waals surface area contributed by atoms with E-state index < -0.39 is 0 Å². The molecule has 4 rings (SSSR count). The van der Waals surface area contributed by atoms with E-state index in [-0.39, 0.29) is 24.0 Å². The molecule has 29 heavy (non-hydrogen) atoms. The molecule has 1 fully saturated rings. The first kappa shape index (κ1) is 21.9. The van der Waals surface area contributed by atoms with Gasteiger partial charge in [-0.25, -0.2) is 4.98 Å². The molecule has 6 nitrogen and oxygen atoms in total. The highest BCUT2D eigenvalue weighted by atomic mass is 127. The van der Waals surface area contributed by atoms with Crippen LogP contribution in [-0.4, -0.2) is 53.6 Å². The van der Waals surface area contributed by atoms with Crippen LogP contribution in [0.25, 0.3) is 0 Å². The number of anilines is 1. The molecule has 0 saturated carbocycles. The number of fused-ring (bicyclic) bond motifs is 1. The third-order valence-electron chi connectivity index (χ3n) is 6.09. The van der Waals surface area contributed by atoms with Crippen LogP contribution in [-0.2, 0) is 19.5 Å². The molecule has 0 unspecified atom stereocenters. The number of guanidine groups is 1. The summed E-state index contributed by atoms with van der Waals surface area (Å²) in [6.45, 7) is 10.3. The summed E-state index contributed by atoms with van der Waals surface area (Å²) in [7, 11) is 1.87. The number of rotatable bonds is 3. The monoisotopic (exact) mass is 508 g/mol. The van der Waals surface area contributed by atoms with Crippen molar-refractivity contribution in [3.63, 3.8) is 0 Å². The summed E-state index contributed by atoms with van der Waals surface area (Å²) >= 11 is 0. The molecular weight excluding hydrogens is 475 g/mol. The van der Waals surface area contributed by atoms with Crippen LogP contribution in [0.4, 0.5) is 5.69 Å². The largest absolute Gasteiger partial charge is 0.368 e. The smallest absolute Gasteiger partial charge is 0.194 e. The number of aliphatic imine (C=N–C) groups is 1. The maximum absolute atomic E-state index is 4.79. The molecule has 0 aliphatic carbocycles. The van der Waals surface area contributed by atoms with Crippen LogP contribution in [0, 0.1) is 13.8 Å². The first-order valence-corrected chi connectivity index (χ1v) is 10.5. The van der Waals surface area contributed by atoms with Gasteiger partial charge in [-0.2, -0.15) is 0 Å². The lowest BCUT2D eigenvalue weighted by atomic mass is 10.1. The van der Waals surface area contributed by atoms with Crippen LogP contribution in [0.2, 0.25) is 0 Å². The Morgan fingerprint density at radius 2 is 1.90 bits per heavy atom. The molecule has 0 radical (unpaired) electrons. The molecule has 0 spiro atoms. The molecule has 7 heteroatoms. The van der Waals surface area contributed by atoms with Crippen molar-refractivity contribution in [2.45, 2.75) is 46.2 Å². The highest BCUT2D eigenvalue weighted by Gasteiger charge is 2.21. The van der Waals surface area contributed by atoms with Crippen LogP contribution in [0.3, 0.4) is 0 Å². The van der Waals surface area contributed by atoms with Gasteiger partial charge in [0.1, 0.15) is 5.82 Å². The van der Waals surface area contributed by atoms with E-state index in [0.29, 0.717) is 0 Å². The summed E-state index contributed by atoms with van der Waals surface area (Å²) < 4.78 is 2.31. The van der Waals surface area contributed by atoms with Crippen molar-refractivity contribution in [2.24, 2.45) is 4.99 Å². The van der Waals surface area contributed by atoms with Gasteiger partial charge in [-0.3, -0.25) is 4.99 Å². The minimum absolute atomic E-state index is 0. The van der Waals surface area contributed by atoms with E-state index in [1.807, 2.05) is 7.05 Å². The fourth-order valence-electron chi connectivity index (χ4n) is 4.30. The van der Waals surface area contributed by atoms with Gasteiger partial charge in [0.25, 0.3) is 0 Å². The average Bonchev–Trinajstić information content (AvgIpc) is 3.14. The summed E-state index contributed by atoms with van der Waals surface area (Å²) in [5, 5.41) is 3.52. The molecule has 0 bridgehead atoms. The zero-order chi connectivity index (χ0) is 19.5. The van der Waals surface area contributed by atoms with Gasteiger partial charge in [0, 0.05) is 58.1 Å². The maximum Gasteiger partial charge on any atom is 0.194 e. The predicted molar refractivity (Wildman–Crippen MR) is 130 cm³/mol. The van der Waals surface area contributed by atoms with Crippen LogP contribution in [0.5, 0.6) is 0 Å². The molecule has 0 amide bonds. The Labute approximate surface area is 191 Å². The Morgan fingerprint density at radius 1 is 1.10 bits per heavy atom. The fourth-order valence-corrected chi connectivity index (χ4v) is 4.30. The fraction of sp³-hybridized carbons (Fsp3) is 0.545. The first-order chi connectivity index (χ1) is 13.7. The molecule has 2 aliphatic heterocycles. The van der Waals surface area contributed by atoms with E-state index in [9.17, 15) is 0 Å². The number of nitrogens with zero attached hydrogens (tertiary/aromatic N) is 5. The van der Waals surface area contributed by atoms with Crippen LogP contribution in [0.15, 0.2) is 29.4 Å². The van der Waals surface area contributed by atoms with Gasteiger partial charge in [-0.05, 0) is 43.9 Å². The van der Waals surface area contributed by atoms with Crippen LogP contribution < -0.4 is 10.2 Å². The summed E-state index contributed by atoms with van der Waals surface area (Å²) in [4.78, 5) is 14.2. The van der Waals surface area contributed by atoms with Gasteiger partial charge in [0.15, 0.2) is 5.96 Å². The Kier molecular flexibility index (Phi) is 7.43. The highest BCUT2D eigenvalue weighted by molar-refractivity contribution is 14.0. The number of aryl methyl sites for hydroxylation is 3. The summed E-state index contributed by atoms with van der Waals surface area (Å²) in [6.07, 6.45) is 5.83. The van der Waals surface area contributed by atoms with Gasteiger partial charge in [-0.1, -0.05) is 12.1 Å². The second kappa shape index (κ2) is 9.82. The number of hydrogen-bond donors (Lipinski definition) is 1. The number of nitrogens with one attached hydrogen (secondary N) is 1. The lowest BCUT2D eigenvalue weighted by molar-refractivity contribution is 0.372. The molecule has 2 aromatic rings. The Hall–Kier alpha value is -1.77. The van der Waals surface area contributed by atoms with Gasteiger partial charge in [-0.15, -0.1) is 24.0 Å². The van der Waals surface area contributed by atoms with Crippen molar-refractivity contribution in [3.8, 4) is 0 Å². The Morgan fingerprint density at radius 3 is 2.62 bits per heavy atom. The number of hydrogen-bond acceptors (Lipinski definition) is 3. The average molecular weight is 508 g/mol.